The molecule has 0 bridgehead atoms. The third kappa shape index (κ3) is 3.20. The van der Waals surface area contributed by atoms with E-state index in [1.165, 1.54) is 12.1 Å². The average molecular weight is 371 g/mol. The Morgan fingerprint density at radius 2 is 1.28 bits per heavy atom. The minimum atomic E-state index is -2.64. The maximum Gasteiger partial charge on any atom is 0.325 e. The third-order valence-corrected chi connectivity index (χ3v) is 4.22. The number of allylic oxidation sites excluding steroid dienone is 1. The molecule has 9 heteroatoms. The second kappa shape index (κ2) is 6.94. The third-order valence-electron chi connectivity index (χ3n) is 4.22. The van der Waals surface area contributed by atoms with Crippen LogP contribution in [0.5, 0.6) is 0 Å². The summed E-state index contributed by atoms with van der Waals surface area (Å²) in [6.07, 6.45) is -0.646. The monoisotopic (exact) mass is 370 g/mol. The van der Waals surface area contributed by atoms with E-state index in [9.17, 15) is 39.6 Å². The van der Waals surface area contributed by atoms with Crippen LogP contribution in [0.1, 0.15) is 18.4 Å². The van der Waals surface area contributed by atoms with Crippen molar-refractivity contribution in [2.45, 2.75) is 12.8 Å². The van der Waals surface area contributed by atoms with Crippen molar-refractivity contribution < 1.29 is 39.6 Å². The normalized spacial score (nSPS) is 17.5. The highest BCUT2D eigenvalue weighted by molar-refractivity contribution is 6.08. The van der Waals surface area contributed by atoms with E-state index in [1.54, 1.807) is 18.2 Å². The van der Waals surface area contributed by atoms with Crippen LogP contribution in [0.2, 0.25) is 0 Å². The molecule has 0 aromatic heterocycles. The lowest BCUT2D eigenvalue weighted by Crippen LogP contribution is -2.51. The Balaban J connectivity index is 0.00000312. The molecule has 2 rings (SSSR count). The van der Waals surface area contributed by atoms with Crippen molar-refractivity contribution in [1.82, 2.24) is 0 Å². The quantitative estimate of drug-likeness (QED) is 0.571. The lowest BCUT2D eigenvalue weighted by molar-refractivity contribution is -0.173. The van der Waals surface area contributed by atoms with Gasteiger partial charge in [0.1, 0.15) is 0 Å². The molecule has 25 heavy (non-hydrogen) atoms. The SMILES string of the molecule is Cl.O=C(O)C1(C(=O)O)C=C(c2ccccc2)CC(C(=O)O)(C(=O)O)C1. The number of aliphatic carboxylic acids is 4. The Morgan fingerprint density at radius 1 is 0.800 bits per heavy atom. The van der Waals surface area contributed by atoms with E-state index in [2.05, 4.69) is 0 Å². The molecule has 0 radical (unpaired) electrons. The van der Waals surface area contributed by atoms with Gasteiger partial charge < -0.3 is 20.4 Å². The first-order valence-corrected chi connectivity index (χ1v) is 6.86. The molecule has 0 saturated heterocycles. The maximum absolute atomic E-state index is 11.6. The van der Waals surface area contributed by atoms with Crippen LogP contribution in [-0.2, 0) is 19.2 Å². The summed E-state index contributed by atoms with van der Waals surface area (Å²) in [6, 6.07) is 7.91. The average Bonchev–Trinajstić information content (AvgIpc) is 2.54. The fraction of sp³-hybridized carbons (Fsp3) is 0.250. The largest absolute Gasteiger partial charge is 0.480 e. The molecule has 1 aromatic carbocycles. The van der Waals surface area contributed by atoms with Crippen LogP contribution in [0.25, 0.3) is 5.57 Å². The van der Waals surface area contributed by atoms with Gasteiger partial charge in [-0.2, -0.15) is 0 Å². The van der Waals surface area contributed by atoms with Gasteiger partial charge in [0.2, 0.25) is 0 Å². The number of carboxylic acid groups (broad SMARTS) is 4. The number of hydrogen-bond acceptors (Lipinski definition) is 4. The summed E-state index contributed by atoms with van der Waals surface area (Å²) in [5, 5.41) is 37.7. The van der Waals surface area contributed by atoms with E-state index in [-0.39, 0.29) is 18.0 Å². The zero-order chi connectivity index (χ0) is 18.1. The van der Waals surface area contributed by atoms with Gasteiger partial charge in [-0.05, 0) is 17.6 Å². The number of carboxylic acids is 4. The van der Waals surface area contributed by atoms with Crippen LogP contribution >= 0.6 is 12.4 Å². The van der Waals surface area contributed by atoms with Gasteiger partial charge >= 0.3 is 23.9 Å². The summed E-state index contributed by atoms with van der Waals surface area (Å²) in [4.78, 5) is 46.5. The second-order valence-electron chi connectivity index (χ2n) is 5.66. The number of carbonyl (C=O) groups is 4. The molecule has 0 heterocycles. The molecule has 4 N–H and O–H groups in total. The Labute approximate surface area is 147 Å². The van der Waals surface area contributed by atoms with Crippen molar-refractivity contribution >= 4 is 41.9 Å². The maximum atomic E-state index is 11.6. The molecule has 8 nitrogen and oxygen atoms in total. The second-order valence-corrected chi connectivity index (χ2v) is 5.66. The van der Waals surface area contributed by atoms with E-state index in [1.807, 2.05) is 0 Å². The highest BCUT2D eigenvalue weighted by Crippen LogP contribution is 2.49. The minimum Gasteiger partial charge on any atom is -0.480 e. The summed E-state index contributed by atoms with van der Waals surface area (Å²) in [7, 11) is 0. The van der Waals surface area contributed by atoms with Gasteiger partial charge in [-0.15, -0.1) is 12.4 Å². The summed E-state index contributed by atoms with van der Waals surface area (Å²) >= 11 is 0. The van der Waals surface area contributed by atoms with E-state index in [4.69, 9.17) is 0 Å². The number of halogens is 1. The Bertz CT molecular complexity index is 725. The van der Waals surface area contributed by atoms with Gasteiger partial charge in [0, 0.05) is 6.42 Å². The number of benzene rings is 1. The Kier molecular flexibility index (Phi) is 5.60. The summed E-state index contributed by atoms with van der Waals surface area (Å²) < 4.78 is 0. The van der Waals surface area contributed by atoms with Gasteiger partial charge in [-0.3, -0.25) is 19.2 Å². The van der Waals surface area contributed by atoms with Crippen LogP contribution in [0.15, 0.2) is 36.4 Å². The molecule has 0 fully saturated rings. The highest BCUT2D eigenvalue weighted by Gasteiger charge is 2.61. The fourth-order valence-corrected chi connectivity index (χ4v) is 2.86. The predicted molar refractivity (Wildman–Crippen MR) is 86.3 cm³/mol. The van der Waals surface area contributed by atoms with Gasteiger partial charge in [0.25, 0.3) is 0 Å². The van der Waals surface area contributed by atoms with Crippen molar-refractivity contribution in [3.8, 4) is 0 Å². The predicted octanol–water partition coefficient (Wildman–Crippen LogP) is 1.60. The molecule has 1 aliphatic carbocycles. The van der Waals surface area contributed by atoms with Gasteiger partial charge in [0.05, 0.1) is 0 Å². The molecule has 1 aromatic rings. The smallest absolute Gasteiger partial charge is 0.325 e. The Hall–Kier alpha value is -2.87. The van der Waals surface area contributed by atoms with Crippen molar-refractivity contribution in [3.63, 3.8) is 0 Å². The van der Waals surface area contributed by atoms with E-state index in [0.717, 1.165) is 6.08 Å². The number of hydrogen-bond donors (Lipinski definition) is 4. The van der Waals surface area contributed by atoms with Crippen molar-refractivity contribution in [1.29, 1.82) is 0 Å². The van der Waals surface area contributed by atoms with E-state index in [0.29, 0.717) is 5.56 Å². The van der Waals surface area contributed by atoms with Crippen molar-refractivity contribution in [2.24, 2.45) is 10.8 Å². The first kappa shape index (κ1) is 20.2. The molecule has 1 aliphatic rings. The van der Waals surface area contributed by atoms with Gasteiger partial charge in [-0.25, -0.2) is 0 Å². The van der Waals surface area contributed by atoms with E-state index < -0.39 is 47.5 Å². The molecule has 0 atom stereocenters. The zero-order valence-corrected chi connectivity index (χ0v) is 13.5. The molecule has 0 aliphatic heterocycles. The van der Waals surface area contributed by atoms with Crippen LogP contribution in [0.4, 0.5) is 0 Å². The topological polar surface area (TPSA) is 149 Å². The van der Waals surface area contributed by atoms with Crippen LogP contribution in [-0.4, -0.2) is 44.3 Å². The van der Waals surface area contributed by atoms with E-state index >= 15 is 0 Å². The molecule has 0 saturated carbocycles. The fourth-order valence-electron chi connectivity index (χ4n) is 2.86. The molecule has 0 spiro atoms. The van der Waals surface area contributed by atoms with Gasteiger partial charge in [-0.1, -0.05) is 36.4 Å². The lowest BCUT2D eigenvalue weighted by atomic mass is 9.62. The first-order chi connectivity index (χ1) is 11.2. The highest BCUT2D eigenvalue weighted by atomic mass is 35.5. The first-order valence-electron chi connectivity index (χ1n) is 6.86. The molecule has 134 valence electrons. The Morgan fingerprint density at radius 3 is 1.68 bits per heavy atom. The van der Waals surface area contributed by atoms with Crippen LogP contribution < -0.4 is 0 Å². The lowest BCUT2D eigenvalue weighted by Gasteiger charge is -2.37. The van der Waals surface area contributed by atoms with Crippen molar-refractivity contribution in [3.05, 3.63) is 42.0 Å². The van der Waals surface area contributed by atoms with Crippen molar-refractivity contribution in [2.75, 3.05) is 0 Å². The standard InChI is InChI=1S/C16H14O8.ClH/c17-11(18)15(12(19)20)6-10(9-4-2-1-3-5-9)7-16(8-15,13(21)22)14(23)24;/h1-6H,7-8H2,(H,17,18)(H,19,20)(H,21,22)(H,23,24);1H. The molecule has 0 amide bonds. The molecule has 0 unspecified atom stereocenters. The molecular weight excluding hydrogens is 356 g/mol. The summed E-state index contributed by atoms with van der Waals surface area (Å²) in [5.74, 6) is -7.17. The zero-order valence-electron chi connectivity index (χ0n) is 12.7. The summed E-state index contributed by atoms with van der Waals surface area (Å²) in [5.41, 5.74) is -4.76. The summed E-state index contributed by atoms with van der Waals surface area (Å²) in [6.45, 7) is 0. The van der Waals surface area contributed by atoms with Crippen LogP contribution in [0, 0.1) is 10.8 Å². The minimum absolute atomic E-state index is 0. The van der Waals surface area contributed by atoms with Gasteiger partial charge in [0.15, 0.2) is 10.8 Å². The number of rotatable bonds is 5. The van der Waals surface area contributed by atoms with Crippen LogP contribution in [0.3, 0.4) is 0 Å². The molecular formula is C16H15ClO8.